The third-order valence-electron chi connectivity index (χ3n) is 5.53. The van der Waals surface area contributed by atoms with E-state index >= 15 is 0 Å². The number of carbonyl (C=O) groups is 3. The summed E-state index contributed by atoms with van der Waals surface area (Å²) in [7, 11) is 3.41. The van der Waals surface area contributed by atoms with E-state index in [0.717, 1.165) is 44.3 Å². The molecule has 0 radical (unpaired) electrons. The lowest BCUT2D eigenvalue weighted by Crippen LogP contribution is -2.57. The topological polar surface area (TPSA) is 73.0 Å². The van der Waals surface area contributed by atoms with Crippen molar-refractivity contribution in [2.45, 2.75) is 44.2 Å². The minimum Gasteiger partial charge on any atom is -0.358 e. The third kappa shape index (κ3) is 3.38. The number of amides is 3. The van der Waals surface area contributed by atoms with Gasteiger partial charge in [-0.1, -0.05) is 0 Å². The van der Waals surface area contributed by atoms with Gasteiger partial charge in [-0.05, 0) is 50.3 Å². The van der Waals surface area contributed by atoms with Crippen LogP contribution in [0.5, 0.6) is 0 Å². The molecule has 1 aromatic rings. The van der Waals surface area contributed by atoms with Gasteiger partial charge in [-0.2, -0.15) is 0 Å². The minimum absolute atomic E-state index is 0.00623. The molecule has 0 unspecified atom stereocenters. The fraction of sp³-hybridized carbons (Fsp3) is 0.550. The van der Waals surface area contributed by atoms with E-state index in [9.17, 15) is 14.4 Å². The smallest absolute Gasteiger partial charge is 0.253 e. The molecule has 3 amide bonds. The summed E-state index contributed by atoms with van der Waals surface area (Å²) in [5.74, 6) is -0.290. The van der Waals surface area contributed by atoms with E-state index in [1.807, 2.05) is 12.1 Å². The van der Waals surface area contributed by atoms with Crippen LogP contribution in [0.4, 0.5) is 11.4 Å². The van der Waals surface area contributed by atoms with Gasteiger partial charge in [-0.3, -0.25) is 19.3 Å². The van der Waals surface area contributed by atoms with E-state index in [2.05, 4.69) is 10.2 Å². The van der Waals surface area contributed by atoms with Gasteiger partial charge in [-0.25, -0.2) is 0 Å². The number of benzene rings is 1. The molecule has 0 bridgehead atoms. The van der Waals surface area contributed by atoms with E-state index in [1.165, 1.54) is 4.90 Å². The van der Waals surface area contributed by atoms with Crippen LogP contribution in [0, 0.1) is 0 Å². The van der Waals surface area contributed by atoms with E-state index in [4.69, 9.17) is 0 Å². The highest BCUT2D eigenvalue weighted by molar-refractivity contribution is 6.09. The predicted molar refractivity (Wildman–Crippen MR) is 103 cm³/mol. The van der Waals surface area contributed by atoms with Gasteiger partial charge in [0.2, 0.25) is 11.8 Å². The Morgan fingerprint density at radius 1 is 1.15 bits per heavy atom. The second-order valence-corrected chi connectivity index (χ2v) is 7.87. The standard InChI is InChI=1S/C20H26N4O3/c1-22(2)19(26)13-6-9-15-17(11-13)24(12-18(25)21-14-7-8-14)20(27)16-5-3-4-10-23(15)16/h6,9,11,14,16H,3-5,7-8,10,12H2,1-2H3,(H,21,25)/t16-/m1/s1. The van der Waals surface area contributed by atoms with Crippen molar-refractivity contribution in [2.24, 2.45) is 0 Å². The zero-order valence-corrected chi connectivity index (χ0v) is 15.9. The van der Waals surface area contributed by atoms with Crippen molar-refractivity contribution >= 4 is 29.1 Å². The number of hydrogen-bond acceptors (Lipinski definition) is 4. The predicted octanol–water partition coefficient (Wildman–Crippen LogP) is 1.37. The lowest BCUT2D eigenvalue weighted by molar-refractivity contribution is -0.125. The lowest BCUT2D eigenvalue weighted by Gasteiger charge is -2.45. The van der Waals surface area contributed by atoms with Crippen LogP contribution in [0.15, 0.2) is 18.2 Å². The molecular weight excluding hydrogens is 344 g/mol. The van der Waals surface area contributed by atoms with Crippen LogP contribution >= 0.6 is 0 Å². The number of nitrogens with zero attached hydrogens (tertiary/aromatic N) is 3. The Labute approximate surface area is 159 Å². The maximum atomic E-state index is 13.2. The SMILES string of the molecule is CN(C)C(=O)c1ccc2c(c1)N(CC(=O)NC1CC1)C(=O)[C@H]1CCCCN21. The highest BCUT2D eigenvalue weighted by Gasteiger charge is 2.40. The first-order valence-corrected chi connectivity index (χ1v) is 9.69. The fourth-order valence-electron chi connectivity index (χ4n) is 3.96. The Morgan fingerprint density at radius 2 is 1.93 bits per heavy atom. The van der Waals surface area contributed by atoms with Gasteiger partial charge in [0.15, 0.2) is 0 Å². The molecule has 1 N–H and O–H groups in total. The van der Waals surface area contributed by atoms with Crippen LogP contribution in [0.1, 0.15) is 42.5 Å². The summed E-state index contributed by atoms with van der Waals surface area (Å²) in [4.78, 5) is 43.2. The first-order valence-electron chi connectivity index (χ1n) is 9.69. The first-order chi connectivity index (χ1) is 13.0. The molecular formula is C20H26N4O3. The van der Waals surface area contributed by atoms with Crippen LogP contribution in [-0.4, -0.2) is 61.9 Å². The number of hydrogen-bond donors (Lipinski definition) is 1. The van der Waals surface area contributed by atoms with Crippen molar-refractivity contribution in [1.82, 2.24) is 10.2 Å². The van der Waals surface area contributed by atoms with Crippen molar-refractivity contribution in [3.05, 3.63) is 23.8 Å². The van der Waals surface area contributed by atoms with Crippen LogP contribution in [0.2, 0.25) is 0 Å². The summed E-state index contributed by atoms with van der Waals surface area (Å²) >= 11 is 0. The molecule has 1 aromatic carbocycles. The second kappa shape index (κ2) is 6.87. The van der Waals surface area contributed by atoms with Gasteiger partial charge in [0.05, 0.1) is 11.4 Å². The zero-order chi connectivity index (χ0) is 19.1. The normalized spacial score (nSPS) is 21.4. The Bertz CT molecular complexity index is 787. The van der Waals surface area contributed by atoms with Gasteiger partial charge in [0.1, 0.15) is 12.6 Å². The molecule has 0 spiro atoms. The van der Waals surface area contributed by atoms with Gasteiger partial charge < -0.3 is 15.1 Å². The number of nitrogens with one attached hydrogen (secondary N) is 1. The number of piperidine rings is 1. The van der Waals surface area contributed by atoms with Gasteiger partial charge in [-0.15, -0.1) is 0 Å². The van der Waals surface area contributed by atoms with Crippen molar-refractivity contribution in [2.75, 3.05) is 37.0 Å². The summed E-state index contributed by atoms with van der Waals surface area (Å²) < 4.78 is 0. The molecule has 7 heteroatoms. The average Bonchev–Trinajstić information content (AvgIpc) is 3.48. The molecule has 1 atom stereocenters. The highest BCUT2D eigenvalue weighted by atomic mass is 16.2. The third-order valence-corrected chi connectivity index (χ3v) is 5.53. The van der Waals surface area contributed by atoms with Crippen LogP contribution in [0.25, 0.3) is 0 Å². The molecule has 144 valence electrons. The van der Waals surface area contributed by atoms with E-state index in [1.54, 1.807) is 25.1 Å². The quantitative estimate of drug-likeness (QED) is 0.869. The fourth-order valence-corrected chi connectivity index (χ4v) is 3.96. The Kier molecular flexibility index (Phi) is 4.53. The van der Waals surface area contributed by atoms with Crippen molar-refractivity contribution in [3.63, 3.8) is 0 Å². The largest absolute Gasteiger partial charge is 0.358 e. The molecule has 2 heterocycles. The highest BCUT2D eigenvalue weighted by Crippen LogP contribution is 2.40. The molecule has 3 aliphatic rings. The monoisotopic (exact) mass is 370 g/mol. The van der Waals surface area contributed by atoms with Crippen molar-refractivity contribution < 1.29 is 14.4 Å². The maximum absolute atomic E-state index is 13.2. The summed E-state index contributed by atoms with van der Waals surface area (Å²) in [6.07, 6.45) is 4.88. The van der Waals surface area contributed by atoms with Gasteiger partial charge >= 0.3 is 0 Å². The summed E-state index contributed by atoms with van der Waals surface area (Å²) in [6.45, 7) is 0.832. The van der Waals surface area contributed by atoms with E-state index in [0.29, 0.717) is 11.3 Å². The molecule has 7 nitrogen and oxygen atoms in total. The molecule has 27 heavy (non-hydrogen) atoms. The van der Waals surface area contributed by atoms with Crippen molar-refractivity contribution in [1.29, 1.82) is 0 Å². The minimum atomic E-state index is -0.213. The summed E-state index contributed by atoms with van der Waals surface area (Å²) in [5, 5.41) is 2.96. The van der Waals surface area contributed by atoms with E-state index in [-0.39, 0.29) is 36.3 Å². The molecule has 1 saturated carbocycles. The first kappa shape index (κ1) is 17.8. The maximum Gasteiger partial charge on any atom is 0.253 e. The second-order valence-electron chi connectivity index (χ2n) is 7.87. The molecule has 2 fully saturated rings. The number of anilines is 2. The van der Waals surface area contributed by atoms with Crippen LogP contribution in [0.3, 0.4) is 0 Å². The number of rotatable bonds is 4. The summed E-state index contributed by atoms with van der Waals surface area (Å²) in [6, 6.07) is 5.53. The summed E-state index contributed by atoms with van der Waals surface area (Å²) in [5.41, 5.74) is 2.13. The zero-order valence-electron chi connectivity index (χ0n) is 15.9. The molecule has 1 saturated heterocycles. The Balaban J connectivity index is 1.70. The molecule has 0 aromatic heterocycles. The van der Waals surface area contributed by atoms with Crippen LogP contribution < -0.4 is 15.1 Å². The lowest BCUT2D eigenvalue weighted by atomic mass is 9.95. The molecule has 2 aliphatic heterocycles. The number of fused-ring (bicyclic) bond motifs is 3. The Hall–Kier alpha value is -2.57. The van der Waals surface area contributed by atoms with Gasteiger partial charge in [0.25, 0.3) is 5.91 Å². The molecule has 4 rings (SSSR count). The van der Waals surface area contributed by atoms with Crippen molar-refractivity contribution in [3.8, 4) is 0 Å². The van der Waals surface area contributed by atoms with E-state index < -0.39 is 0 Å². The molecule has 1 aliphatic carbocycles. The number of carbonyl (C=O) groups excluding carboxylic acids is 3. The van der Waals surface area contributed by atoms with Gasteiger partial charge in [0, 0.05) is 32.2 Å². The Morgan fingerprint density at radius 3 is 2.63 bits per heavy atom. The van der Waals surface area contributed by atoms with Crippen LogP contribution in [-0.2, 0) is 9.59 Å². The average molecular weight is 370 g/mol.